The van der Waals surface area contributed by atoms with Crippen LogP contribution in [0.25, 0.3) is 11.1 Å². The van der Waals surface area contributed by atoms with Gasteiger partial charge in [-0.3, -0.25) is 5.10 Å². The molecule has 0 aliphatic heterocycles. The van der Waals surface area contributed by atoms with E-state index in [0.29, 0.717) is 5.92 Å². The second-order valence-electron chi connectivity index (χ2n) is 6.10. The quantitative estimate of drug-likeness (QED) is 0.714. The highest BCUT2D eigenvalue weighted by Gasteiger charge is 2.22. The van der Waals surface area contributed by atoms with Crippen LogP contribution in [0.4, 0.5) is 0 Å². The molecule has 6 nitrogen and oxygen atoms in total. The number of sulfonamides is 1. The average Bonchev–Trinajstić information content (AvgIpc) is 3.26. The van der Waals surface area contributed by atoms with Crippen LogP contribution in [-0.4, -0.2) is 35.0 Å². The van der Waals surface area contributed by atoms with Gasteiger partial charge in [0.1, 0.15) is 0 Å². The first kappa shape index (κ1) is 17.8. The summed E-state index contributed by atoms with van der Waals surface area (Å²) in [7, 11) is -1.98. The van der Waals surface area contributed by atoms with E-state index >= 15 is 0 Å². The van der Waals surface area contributed by atoms with Crippen molar-refractivity contribution in [2.75, 3.05) is 7.05 Å². The highest BCUT2D eigenvalue weighted by molar-refractivity contribution is 7.89. The van der Waals surface area contributed by atoms with Crippen LogP contribution in [0, 0.1) is 0 Å². The van der Waals surface area contributed by atoms with Crippen molar-refractivity contribution in [3.63, 3.8) is 0 Å². The summed E-state index contributed by atoms with van der Waals surface area (Å²) in [6.45, 7) is 4.41. The van der Waals surface area contributed by atoms with E-state index in [9.17, 15) is 8.42 Å². The summed E-state index contributed by atoms with van der Waals surface area (Å²) < 4.78 is 26.8. The van der Waals surface area contributed by atoms with E-state index in [1.165, 1.54) is 4.31 Å². The van der Waals surface area contributed by atoms with Crippen LogP contribution in [-0.2, 0) is 16.6 Å². The Bertz CT molecular complexity index is 929. The van der Waals surface area contributed by atoms with Gasteiger partial charge >= 0.3 is 0 Å². The molecule has 1 aromatic carbocycles. The van der Waals surface area contributed by atoms with E-state index in [0.717, 1.165) is 21.8 Å². The molecule has 1 N–H and O–H groups in total. The van der Waals surface area contributed by atoms with Crippen LogP contribution >= 0.6 is 11.3 Å². The van der Waals surface area contributed by atoms with Crippen LogP contribution in [0.3, 0.4) is 0 Å². The molecule has 0 aliphatic carbocycles. The first-order chi connectivity index (χ1) is 11.9. The standard InChI is InChI=1S/C17H20N4O2S2/c1-12(2)17-20-15(11-24-17)10-21(3)25(22,23)16-6-4-13(5-7-16)14-8-18-19-9-14/h4-9,11-12H,10H2,1-3H3,(H,18,19). The number of thiazole rings is 1. The number of nitrogens with zero attached hydrogens (tertiary/aromatic N) is 3. The predicted octanol–water partition coefficient (Wildman–Crippen LogP) is 3.48. The minimum Gasteiger partial charge on any atom is -0.285 e. The average molecular weight is 377 g/mol. The Balaban J connectivity index is 1.77. The molecule has 0 radical (unpaired) electrons. The van der Waals surface area contributed by atoms with Crippen molar-refractivity contribution in [2.45, 2.75) is 31.2 Å². The maximum absolute atomic E-state index is 12.8. The lowest BCUT2D eigenvalue weighted by atomic mass is 10.1. The fraction of sp³-hybridized carbons (Fsp3) is 0.294. The molecule has 0 spiro atoms. The van der Waals surface area contributed by atoms with Gasteiger partial charge in [-0.2, -0.15) is 9.40 Å². The molecule has 0 amide bonds. The topological polar surface area (TPSA) is 79.0 Å². The van der Waals surface area contributed by atoms with Crippen LogP contribution < -0.4 is 0 Å². The number of hydrogen-bond acceptors (Lipinski definition) is 5. The molecule has 8 heteroatoms. The van der Waals surface area contributed by atoms with Crippen molar-refractivity contribution in [1.82, 2.24) is 19.5 Å². The molecule has 25 heavy (non-hydrogen) atoms. The first-order valence-electron chi connectivity index (χ1n) is 7.88. The van der Waals surface area contributed by atoms with Gasteiger partial charge in [0, 0.05) is 30.1 Å². The number of aromatic nitrogens is 3. The molecular formula is C17H20N4O2S2. The molecule has 0 unspecified atom stereocenters. The van der Waals surface area contributed by atoms with Crippen molar-refractivity contribution in [3.8, 4) is 11.1 Å². The Morgan fingerprint density at radius 3 is 2.48 bits per heavy atom. The van der Waals surface area contributed by atoms with E-state index in [2.05, 4.69) is 29.0 Å². The lowest BCUT2D eigenvalue weighted by Gasteiger charge is -2.16. The number of benzene rings is 1. The molecule has 0 aliphatic rings. The minimum atomic E-state index is -3.56. The third-order valence-corrected chi connectivity index (χ3v) is 6.85. The lowest BCUT2D eigenvalue weighted by molar-refractivity contribution is 0.462. The molecule has 0 bridgehead atoms. The van der Waals surface area contributed by atoms with Gasteiger partial charge in [0.05, 0.1) is 28.3 Å². The Morgan fingerprint density at radius 2 is 1.92 bits per heavy atom. The second kappa shape index (κ2) is 7.07. The summed E-state index contributed by atoms with van der Waals surface area (Å²) in [4.78, 5) is 4.77. The summed E-state index contributed by atoms with van der Waals surface area (Å²) in [5, 5.41) is 9.59. The summed E-state index contributed by atoms with van der Waals surface area (Å²) in [5.41, 5.74) is 2.60. The number of rotatable bonds is 6. The number of aromatic amines is 1. The van der Waals surface area contributed by atoms with Gasteiger partial charge < -0.3 is 0 Å². The third-order valence-electron chi connectivity index (χ3n) is 3.84. The van der Waals surface area contributed by atoms with Crippen molar-refractivity contribution in [1.29, 1.82) is 0 Å². The van der Waals surface area contributed by atoms with E-state index in [-0.39, 0.29) is 11.4 Å². The molecule has 0 saturated heterocycles. The fourth-order valence-corrected chi connectivity index (χ4v) is 4.35. The Labute approximate surface area is 151 Å². The van der Waals surface area contributed by atoms with Crippen molar-refractivity contribution < 1.29 is 8.42 Å². The van der Waals surface area contributed by atoms with Crippen molar-refractivity contribution >= 4 is 21.4 Å². The maximum Gasteiger partial charge on any atom is 0.243 e. The highest BCUT2D eigenvalue weighted by atomic mass is 32.2. The molecule has 3 rings (SSSR count). The number of hydrogen-bond donors (Lipinski definition) is 1. The zero-order chi connectivity index (χ0) is 18.0. The molecule has 2 heterocycles. The van der Waals surface area contributed by atoms with Gasteiger partial charge in [-0.1, -0.05) is 26.0 Å². The Hall–Kier alpha value is -2.03. The Kier molecular flexibility index (Phi) is 5.03. The van der Waals surface area contributed by atoms with Crippen LogP contribution in [0.2, 0.25) is 0 Å². The minimum absolute atomic E-state index is 0.259. The normalized spacial score (nSPS) is 12.2. The predicted molar refractivity (Wildman–Crippen MR) is 98.9 cm³/mol. The second-order valence-corrected chi connectivity index (χ2v) is 9.04. The van der Waals surface area contributed by atoms with Gasteiger partial charge in [0.25, 0.3) is 0 Å². The number of nitrogens with one attached hydrogen (secondary N) is 1. The fourth-order valence-electron chi connectivity index (χ4n) is 2.38. The summed E-state index contributed by atoms with van der Waals surface area (Å²) in [6.07, 6.45) is 3.47. The molecule has 132 valence electrons. The van der Waals surface area contributed by atoms with E-state index in [1.807, 2.05) is 5.38 Å². The zero-order valence-corrected chi connectivity index (χ0v) is 15.9. The maximum atomic E-state index is 12.8. The largest absolute Gasteiger partial charge is 0.285 e. The smallest absolute Gasteiger partial charge is 0.243 e. The van der Waals surface area contributed by atoms with Gasteiger partial charge in [0.2, 0.25) is 10.0 Å². The van der Waals surface area contributed by atoms with Gasteiger partial charge in [-0.25, -0.2) is 13.4 Å². The van der Waals surface area contributed by atoms with Gasteiger partial charge in [-0.15, -0.1) is 11.3 Å². The summed E-state index contributed by atoms with van der Waals surface area (Å²) >= 11 is 1.57. The molecule has 3 aromatic rings. The first-order valence-corrected chi connectivity index (χ1v) is 10.2. The Morgan fingerprint density at radius 1 is 1.20 bits per heavy atom. The highest BCUT2D eigenvalue weighted by Crippen LogP contribution is 2.24. The molecule has 2 aromatic heterocycles. The van der Waals surface area contributed by atoms with Gasteiger partial charge in [-0.05, 0) is 17.7 Å². The number of H-pyrrole nitrogens is 1. The van der Waals surface area contributed by atoms with Crippen molar-refractivity contribution in [2.24, 2.45) is 0 Å². The monoisotopic (exact) mass is 376 g/mol. The van der Waals surface area contributed by atoms with Crippen molar-refractivity contribution in [3.05, 3.63) is 52.7 Å². The van der Waals surface area contributed by atoms with E-state index in [1.54, 1.807) is 55.0 Å². The van der Waals surface area contributed by atoms with Crippen LogP contribution in [0.15, 0.2) is 46.9 Å². The lowest BCUT2D eigenvalue weighted by Crippen LogP contribution is -2.26. The third kappa shape index (κ3) is 3.81. The van der Waals surface area contributed by atoms with E-state index < -0.39 is 10.0 Å². The van der Waals surface area contributed by atoms with Gasteiger partial charge in [0.15, 0.2) is 0 Å². The molecular weight excluding hydrogens is 356 g/mol. The van der Waals surface area contributed by atoms with E-state index in [4.69, 9.17) is 0 Å². The zero-order valence-electron chi connectivity index (χ0n) is 14.3. The molecule has 0 fully saturated rings. The summed E-state index contributed by atoms with van der Waals surface area (Å²) in [5.74, 6) is 0.344. The molecule has 0 saturated carbocycles. The SMILES string of the molecule is CC(C)c1nc(CN(C)S(=O)(=O)c2ccc(-c3cn[nH]c3)cc2)cs1. The summed E-state index contributed by atoms with van der Waals surface area (Å²) in [6, 6.07) is 6.81. The van der Waals surface area contributed by atoms with Crippen LogP contribution in [0.1, 0.15) is 30.5 Å². The molecule has 0 atom stereocenters. The van der Waals surface area contributed by atoms with Crippen LogP contribution in [0.5, 0.6) is 0 Å².